The molecule has 0 aliphatic carbocycles. The van der Waals surface area contributed by atoms with Crippen molar-refractivity contribution in [3.63, 3.8) is 0 Å². The Hall–Kier alpha value is -0.610. The number of nitrogens with two attached hydrogens (primary N) is 1. The standard InChI is InChI=1S/C12H25N3O/c1-5-15-6-7-16-10(9-15)8-14-11(13)12(2,3)4/h10H,5-9H2,1-4H3,(H2,13,14). The Kier molecular flexibility index (Phi) is 4.74. The molecule has 4 nitrogen and oxygen atoms in total. The maximum absolute atomic E-state index is 5.92. The third-order valence-electron chi connectivity index (χ3n) is 2.90. The summed E-state index contributed by atoms with van der Waals surface area (Å²) in [7, 11) is 0. The Morgan fingerprint density at radius 1 is 1.50 bits per heavy atom. The van der Waals surface area contributed by atoms with E-state index in [-0.39, 0.29) is 11.5 Å². The zero-order valence-electron chi connectivity index (χ0n) is 11.0. The molecule has 1 saturated heterocycles. The van der Waals surface area contributed by atoms with E-state index in [2.05, 4.69) is 37.6 Å². The van der Waals surface area contributed by atoms with Crippen molar-refractivity contribution in [2.75, 3.05) is 32.8 Å². The lowest BCUT2D eigenvalue weighted by Crippen LogP contribution is -2.44. The van der Waals surface area contributed by atoms with Crippen LogP contribution >= 0.6 is 0 Å². The zero-order chi connectivity index (χ0) is 12.2. The number of nitrogens with zero attached hydrogens (tertiary/aromatic N) is 2. The van der Waals surface area contributed by atoms with Crippen molar-refractivity contribution in [3.05, 3.63) is 0 Å². The highest BCUT2D eigenvalue weighted by Gasteiger charge is 2.20. The highest BCUT2D eigenvalue weighted by Crippen LogP contribution is 2.13. The quantitative estimate of drug-likeness (QED) is 0.580. The van der Waals surface area contributed by atoms with Crippen molar-refractivity contribution in [3.8, 4) is 0 Å². The molecular formula is C12H25N3O. The van der Waals surface area contributed by atoms with Gasteiger partial charge < -0.3 is 10.5 Å². The lowest BCUT2D eigenvalue weighted by molar-refractivity contribution is -0.0210. The maximum atomic E-state index is 5.92. The minimum atomic E-state index is -0.0425. The maximum Gasteiger partial charge on any atom is 0.0992 e. The van der Waals surface area contributed by atoms with E-state index in [1.807, 2.05) is 0 Å². The summed E-state index contributed by atoms with van der Waals surface area (Å²) in [6, 6.07) is 0. The fraction of sp³-hybridized carbons (Fsp3) is 0.917. The van der Waals surface area contributed by atoms with Crippen molar-refractivity contribution >= 4 is 5.84 Å². The number of aliphatic imine (C=N–C) groups is 1. The molecule has 0 spiro atoms. The van der Waals surface area contributed by atoms with Crippen LogP contribution in [0.25, 0.3) is 0 Å². The minimum absolute atomic E-state index is 0.0425. The number of hydrogen-bond acceptors (Lipinski definition) is 3. The molecule has 0 radical (unpaired) electrons. The highest BCUT2D eigenvalue weighted by atomic mass is 16.5. The summed E-state index contributed by atoms with van der Waals surface area (Å²) in [6.07, 6.45) is 0.203. The van der Waals surface area contributed by atoms with Gasteiger partial charge in [0.25, 0.3) is 0 Å². The van der Waals surface area contributed by atoms with Crippen LogP contribution in [0.2, 0.25) is 0 Å². The molecule has 0 saturated carbocycles. The monoisotopic (exact) mass is 227 g/mol. The second-order valence-electron chi connectivity index (χ2n) is 5.36. The topological polar surface area (TPSA) is 50.8 Å². The predicted octanol–water partition coefficient (Wildman–Crippen LogP) is 1.11. The van der Waals surface area contributed by atoms with Crippen LogP contribution in [0.15, 0.2) is 4.99 Å². The molecule has 0 bridgehead atoms. The van der Waals surface area contributed by atoms with Gasteiger partial charge >= 0.3 is 0 Å². The van der Waals surface area contributed by atoms with Gasteiger partial charge in [-0.3, -0.25) is 9.89 Å². The van der Waals surface area contributed by atoms with E-state index >= 15 is 0 Å². The van der Waals surface area contributed by atoms with E-state index < -0.39 is 0 Å². The van der Waals surface area contributed by atoms with Gasteiger partial charge in [0.15, 0.2) is 0 Å². The molecule has 0 aromatic carbocycles. The molecule has 1 heterocycles. The van der Waals surface area contributed by atoms with Crippen molar-refractivity contribution in [1.29, 1.82) is 0 Å². The average molecular weight is 227 g/mol. The van der Waals surface area contributed by atoms with Gasteiger partial charge in [0.1, 0.15) is 0 Å². The second kappa shape index (κ2) is 5.64. The van der Waals surface area contributed by atoms with Gasteiger partial charge in [-0.2, -0.15) is 0 Å². The number of likely N-dealkylation sites (N-methyl/N-ethyl adjacent to an activating group) is 1. The minimum Gasteiger partial charge on any atom is -0.387 e. The van der Waals surface area contributed by atoms with E-state index in [9.17, 15) is 0 Å². The first-order valence-electron chi connectivity index (χ1n) is 6.08. The molecule has 94 valence electrons. The molecule has 1 rings (SSSR count). The van der Waals surface area contributed by atoms with Crippen molar-refractivity contribution < 1.29 is 4.74 Å². The van der Waals surface area contributed by atoms with Gasteiger partial charge in [-0.05, 0) is 6.54 Å². The van der Waals surface area contributed by atoms with Crippen LogP contribution in [-0.4, -0.2) is 49.6 Å². The second-order valence-corrected chi connectivity index (χ2v) is 5.36. The van der Waals surface area contributed by atoms with Gasteiger partial charge in [0, 0.05) is 18.5 Å². The van der Waals surface area contributed by atoms with Crippen LogP contribution in [-0.2, 0) is 4.74 Å². The lowest BCUT2D eigenvalue weighted by atomic mass is 9.95. The van der Waals surface area contributed by atoms with Gasteiger partial charge in [0.05, 0.1) is 25.1 Å². The molecule has 0 aromatic heterocycles. The fourth-order valence-electron chi connectivity index (χ4n) is 1.62. The number of rotatable bonds is 3. The van der Waals surface area contributed by atoms with E-state index in [4.69, 9.17) is 10.5 Å². The lowest BCUT2D eigenvalue weighted by Gasteiger charge is -2.31. The molecular weight excluding hydrogens is 202 g/mol. The number of morpholine rings is 1. The summed E-state index contributed by atoms with van der Waals surface area (Å²) in [5.41, 5.74) is 5.87. The van der Waals surface area contributed by atoms with Gasteiger partial charge in [-0.15, -0.1) is 0 Å². The molecule has 16 heavy (non-hydrogen) atoms. The average Bonchev–Trinajstić information content (AvgIpc) is 2.25. The number of ether oxygens (including phenoxy) is 1. The van der Waals surface area contributed by atoms with E-state index in [1.165, 1.54) is 0 Å². The number of hydrogen-bond donors (Lipinski definition) is 1. The fourth-order valence-corrected chi connectivity index (χ4v) is 1.62. The van der Waals surface area contributed by atoms with Crippen molar-refractivity contribution in [2.24, 2.45) is 16.1 Å². The zero-order valence-corrected chi connectivity index (χ0v) is 11.0. The molecule has 1 aliphatic heterocycles. The summed E-state index contributed by atoms with van der Waals surface area (Å²) < 4.78 is 5.67. The SMILES string of the molecule is CCN1CCOC(CN=C(N)C(C)(C)C)C1. The largest absolute Gasteiger partial charge is 0.387 e. The summed E-state index contributed by atoms with van der Waals surface area (Å²) >= 11 is 0. The molecule has 1 fully saturated rings. The Morgan fingerprint density at radius 3 is 2.75 bits per heavy atom. The van der Waals surface area contributed by atoms with E-state index in [1.54, 1.807) is 0 Å². The Balaban J connectivity index is 2.43. The molecule has 4 heteroatoms. The van der Waals surface area contributed by atoms with Gasteiger partial charge in [-0.1, -0.05) is 27.7 Å². The first-order chi connectivity index (χ1) is 7.43. The smallest absolute Gasteiger partial charge is 0.0992 e. The highest BCUT2D eigenvalue weighted by molar-refractivity contribution is 5.85. The molecule has 1 unspecified atom stereocenters. The molecule has 1 atom stereocenters. The molecule has 1 aliphatic rings. The molecule has 0 amide bonds. The van der Waals surface area contributed by atoms with Crippen LogP contribution < -0.4 is 5.73 Å². The van der Waals surface area contributed by atoms with Crippen molar-refractivity contribution in [1.82, 2.24) is 4.90 Å². The third kappa shape index (κ3) is 4.10. The van der Waals surface area contributed by atoms with E-state index in [0.29, 0.717) is 12.4 Å². The van der Waals surface area contributed by atoms with Crippen LogP contribution in [0.4, 0.5) is 0 Å². The summed E-state index contributed by atoms with van der Waals surface area (Å²) in [5.74, 6) is 0.713. The van der Waals surface area contributed by atoms with Crippen molar-refractivity contribution in [2.45, 2.75) is 33.8 Å². The van der Waals surface area contributed by atoms with Crippen LogP contribution in [0.3, 0.4) is 0 Å². The first-order valence-corrected chi connectivity index (χ1v) is 6.08. The first kappa shape index (κ1) is 13.5. The normalized spacial score (nSPS) is 24.8. The van der Waals surface area contributed by atoms with Crippen LogP contribution in [0.1, 0.15) is 27.7 Å². The summed E-state index contributed by atoms with van der Waals surface area (Å²) in [6.45, 7) is 13.0. The van der Waals surface area contributed by atoms with Gasteiger partial charge in [-0.25, -0.2) is 0 Å². The van der Waals surface area contributed by atoms with Crippen LogP contribution in [0, 0.1) is 5.41 Å². The molecule has 0 aromatic rings. The summed E-state index contributed by atoms with van der Waals surface area (Å²) in [4.78, 5) is 6.82. The van der Waals surface area contributed by atoms with Gasteiger partial charge in [0.2, 0.25) is 0 Å². The predicted molar refractivity (Wildman–Crippen MR) is 67.8 cm³/mol. The van der Waals surface area contributed by atoms with E-state index in [0.717, 1.165) is 26.2 Å². The number of amidine groups is 1. The van der Waals surface area contributed by atoms with Crippen LogP contribution in [0.5, 0.6) is 0 Å². The Morgan fingerprint density at radius 2 is 2.19 bits per heavy atom. The summed E-state index contributed by atoms with van der Waals surface area (Å²) in [5, 5.41) is 0. The third-order valence-corrected chi connectivity index (χ3v) is 2.90. The Bertz CT molecular complexity index is 245. The Labute approximate surface area is 98.9 Å². The molecule has 2 N–H and O–H groups in total.